The summed E-state index contributed by atoms with van der Waals surface area (Å²) in [6.07, 6.45) is 6.26. The van der Waals surface area contributed by atoms with Crippen LogP contribution in [0.4, 0.5) is 4.39 Å². The predicted octanol–water partition coefficient (Wildman–Crippen LogP) is 3.42. The summed E-state index contributed by atoms with van der Waals surface area (Å²) in [6.45, 7) is 1.01. The SMILES string of the molecule is NC(=O)C1CCN(C(=O)/C=C/c2cn(-c3ccccc3)nc2-c2ccc(F)cc2)CC1. The van der Waals surface area contributed by atoms with E-state index in [-0.39, 0.29) is 23.5 Å². The summed E-state index contributed by atoms with van der Waals surface area (Å²) in [6, 6.07) is 15.7. The second kappa shape index (κ2) is 8.95. The Morgan fingerprint density at radius 1 is 1.03 bits per heavy atom. The Kier molecular flexibility index (Phi) is 5.93. The average molecular weight is 418 g/mol. The summed E-state index contributed by atoms with van der Waals surface area (Å²) < 4.78 is 15.1. The van der Waals surface area contributed by atoms with E-state index >= 15 is 0 Å². The van der Waals surface area contributed by atoms with Crippen molar-refractivity contribution in [1.82, 2.24) is 14.7 Å². The van der Waals surface area contributed by atoms with Crippen molar-refractivity contribution in [3.05, 3.63) is 78.3 Å². The van der Waals surface area contributed by atoms with Gasteiger partial charge in [0.05, 0.1) is 11.4 Å². The van der Waals surface area contributed by atoms with Gasteiger partial charge in [-0.2, -0.15) is 5.10 Å². The first kappa shape index (κ1) is 20.5. The molecule has 0 bridgehead atoms. The number of aromatic nitrogens is 2. The van der Waals surface area contributed by atoms with Crippen molar-refractivity contribution in [2.24, 2.45) is 11.7 Å². The largest absolute Gasteiger partial charge is 0.369 e. The number of piperidine rings is 1. The van der Waals surface area contributed by atoms with E-state index in [1.165, 1.54) is 18.2 Å². The fourth-order valence-electron chi connectivity index (χ4n) is 3.71. The molecule has 2 aromatic carbocycles. The number of hydrogen-bond donors (Lipinski definition) is 1. The highest BCUT2D eigenvalue weighted by Gasteiger charge is 2.24. The molecule has 0 atom stereocenters. The van der Waals surface area contributed by atoms with Crippen LogP contribution in [0.1, 0.15) is 18.4 Å². The van der Waals surface area contributed by atoms with Crippen LogP contribution in [0.25, 0.3) is 23.0 Å². The third kappa shape index (κ3) is 4.71. The lowest BCUT2D eigenvalue weighted by atomic mass is 9.96. The van der Waals surface area contributed by atoms with Crippen molar-refractivity contribution in [2.75, 3.05) is 13.1 Å². The lowest BCUT2D eigenvalue weighted by molar-refractivity contribution is -0.130. The predicted molar refractivity (Wildman–Crippen MR) is 116 cm³/mol. The molecule has 0 aliphatic carbocycles. The molecule has 1 aliphatic heterocycles. The summed E-state index contributed by atoms with van der Waals surface area (Å²) in [4.78, 5) is 25.7. The second-order valence-corrected chi connectivity index (χ2v) is 7.56. The number of hydrogen-bond acceptors (Lipinski definition) is 3. The topological polar surface area (TPSA) is 81.2 Å². The molecule has 31 heavy (non-hydrogen) atoms. The summed E-state index contributed by atoms with van der Waals surface area (Å²) >= 11 is 0. The third-order valence-corrected chi connectivity index (χ3v) is 5.50. The minimum Gasteiger partial charge on any atom is -0.369 e. The van der Waals surface area contributed by atoms with E-state index in [0.717, 1.165) is 16.8 Å². The Hall–Kier alpha value is -3.74. The van der Waals surface area contributed by atoms with Crippen LogP contribution in [0.2, 0.25) is 0 Å². The Labute approximate surface area is 179 Å². The van der Waals surface area contributed by atoms with Crippen molar-refractivity contribution >= 4 is 17.9 Å². The van der Waals surface area contributed by atoms with E-state index < -0.39 is 0 Å². The minimum atomic E-state index is -0.321. The molecule has 4 rings (SSSR count). The Morgan fingerprint density at radius 3 is 2.35 bits per heavy atom. The maximum atomic E-state index is 13.4. The van der Waals surface area contributed by atoms with E-state index in [1.807, 2.05) is 36.5 Å². The Morgan fingerprint density at radius 2 is 1.71 bits per heavy atom. The number of likely N-dealkylation sites (tertiary alicyclic amines) is 1. The van der Waals surface area contributed by atoms with Crippen LogP contribution >= 0.6 is 0 Å². The molecule has 0 spiro atoms. The van der Waals surface area contributed by atoms with Gasteiger partial charge in [0.2, 0.25) is 11.8 Å². The maximum absolute atomic E-state index is 13.4. The highest BCUT2D eigenvalue weighted by Crippen LogP contribution is 2.25. The molecule has 1 fully saturated rings. The third-order valence-electron chi connectivity index (χ3n) is 5.50. The van der Waals surface area contributed by atoms with Crippen molar-refractivity contribution < 1.29 is 14.0 Å². The molecule has 0 radical (unpaired) electrons. The number of nitrogens with zero attached hydrogens (tertiary/aromatic N) is 3. The first-order valence-corrected chi connectivity index (χ1v) is 10.2. The summed E-state index contributed by atoms with van der Waals surface area (Å²) in [7, 11) is 0. The van der Waals surface area contributed by atoms with E-state index in [4.69, 9.17) is 5.73 Å². The van der Waals surface area contributed by atoms with Crippen molar-refractivity contribution in [3.8, 4) is 16.9 Å². The van der Waals surface area contributed by atoms with Crippen LogP contribution < -0.4 is 5.73 Å². The molecular weight excluding hydrogens is 395 g/mol. The standard InChI is InChI=1S/C24H23FN4O2/c25-20-9-6-17(7-10-20)23-19(16-29(27-23)21-4-2-1-3-5-21)8-11-22(30)28-14-12-18(13-15-28)24(26)31/h1-11,16,18H,12-15H2,(H2,26,31)/b11-8+. The van der Waals surface area contributed by atoms with Crippen LogP contribution in [-0.2, 0) is 9.59 Å². The summed E-state index contributed by atoms with van der Waals surface area (Å²) in [5.74, 6) is -0.916. The molecule has 1 aromatic heterocycles. The van der Waals surface area contributed by atoms with Gasteiger partial charge in [-0.1, -0.05) is 18.2 Å². The zero-order chi connectivity index (χ0) is 21.8. The molecule has 6 nitrogen and oxygen atoms in total. The molecule has 0 unspecified atom stereocenters. The molecule has 2 N–H and O–H groups in total. The summed E-state index contributed by atoms with van der Waals surface area (Å²) in [5, 5.41) is 4.67. The van der Waals surface area contributed by atoms with Crippen LogP contribution in [-0.4, -0.2) is 39.6 Å². The number of rotatable bonds is 5. The fourth-order valence-corrected chi connectivity index (χ4v) is 3.71. The zero-order valence-electron chi connectivity index (χ0n) is 16.9. The van der Waals surface area contributed by atoms with E-state index in [1.54, 1.807) is 27.8 Å². The van der Waals surface area contributed by atoms with Crippen molar-refractivity contribution in [1.29, 1.82) is 0 Å². The van der Waals surface area contributed by atoms with E-state index in [9.17, 15) is 14.0 Å². The lowest BCUT2D eigenvalue weighted by Gasteiger charge is -2.29. The molecule has 2 amide bonds. The van der Waals surface area contributed by atoms with Crippen molar-refractivity contribution in [3.63, 3.8) is 0 Å². The first-order valence-electron chi connectivity index (χ1n) is 10.2. The van der Waals surface area contributed by atoms with E-state index in [2.05, 4.69) is 5.10 Å². The van der Waals surface area contributed by atoms with Gasteiger partial charge in [-0.15, -0.1) is 0 Å². The number of carbonyl (C=O) groups excluding carboxylic acids is 2. The molecule has 0 saturated carbocycles. The van der Waals surface area contributed by atoms with Gasteiger partial charge >= 0.3 is 0 Å². The quantitative estimate of drug-likeness (QED) is 0.645. The van der Waals surface area contributed by atoms with Gasteiger partial charge in [-0.05, 0) is 55.3 Å². The maximum Gasteiger partial charge on any atom is 0.246 e. The number of benzene rings is 2. The number of amides is 2. The molecule has 2 heterocycles. The average Bonchev–Trinajstić information content (AvgIpc) is 3.23. The number of halogens is 1. The molecule has 3 aromatic rings. The lowest BCUT2D eigenvalue weighted by Crippen LogP contribution is -2.41. The molecule has 1 aliphatic rings. The van der Waals surface area contributed by atoms with Gasteiger partial charge < -0.3 is 10.6 Å². The molecule has 7 heteroatoms. The Bertz CT molecular complexity index is 1100. The van der Waals surface area contributed by atoms with Crippen molar-refractivity contribution in [2.45, 2.75) is 12.8 Å². The minimum absolute atomic E-state index is 0.125. The monoisotopic (exact) mass is 418 g/mol. The van der Waals surface area contributed by atoms with Gasteiger partial charge in [0.25, 0.3) is 0 Å². The smallest absolute Gasteiger partial charge is 0.246 e. The highest BCUT2D eigenvalue weighted by molar-refractivity contribution is 5.93. The van der Waals surface area contributed by atoms with Gasteiger partial charge in [-0.25, -0.2) is 9.07 Å². The number of para-hydroxylation sites is 1. The van der Waals surface area contributed by atoms with Gasteiger partial charge in [-0.3, -0.25) is 9.59 Å². The van der Waals surface area contributed by atoms with E-state index in [0.29, 0.717) is 31.6 Å². The van der Waals surface area contributed by atoms with Crippen LogP contribution in [0.5, 0.6) is 0 Å². The molecular formula is C24H23FN4O2. The van der Waals surface area contributed by atoms with Gasteiger partial charge in [0, 0.05) is 42.4 Å². The van der Waals surface area contributed by atoms with Gasteiger partial charge in [0.15, 0.2) is 0 Å². The van der Waals surface area contributed by atoms with Crippen LogP contribution in [0.3, 0.4) is 0 Å². The van der Waals surface area contributed by atoms with Gasteiger partial charge in [0.1, 0.15) is 5.82 Å². The molecule has 1 saturated heterocycles. The highest BCUT2D eigenvalue weighted by atomic mass is 19.1. The Balaban J connectivity index is 1.59. The molecule has 158 valence electrons. The number of nitrogens with two attached hydrogens (primary N) is 1. The normalized spacial score (nSPS) is 14.8. The van der Waals surface area contributed by atoms with Crippen LogP contribution in [0.15, 0.2) is 66.9 Å². The summed E-state index contributed by atoms with van der Waals surface area (Å²) in [5.41, 5.74) is 8.40. The number of carbonyl (C=O) groups is 2. The fraction of sp³-hybridized carbons (Fsp3) is 0.208. The number of primary amides is 1. The zero-order valence-corrected chi connectivity index (χ0v) is 16.9. The second-order valence-electron chi connectivity index (χ2n) is 7.56. The first-order chi connectivity index (χ1) is 15.0. The van der Waals surface area contributed by atoms with Crippen LogP contribution in [0, 0.1) is 11.7 Å².